The van der Waals surface area contributed by atoms with Crippen LogP contribution in [0.25, 0.3) is 17.2 Å². The zero-order valence-corrected chi connectivity index (χ0v) is 26.9. The summed E-state index contributed by atoms with van der Waals surface area (Å²) < 4.78 is 66.7. The maximum atomic E-state index is 14.8. The quantitative estimate of drug-likeness (QED) is 0.138. The van der Waals surface area contributed by atoms with E-state index < -0.39 is 35.3 Å². The normalized spacial score (nSPS) is 16.4. The Bertz CT molecular complexity index is 1740. The monoisotopic (exact) mass is 703 g/mol. The van der Waals surface area contributed by atoms with Crippen molar-refractivity contribution in [1.29, 1.82) is 0 Å². The van der Waals surface area contributed by atoms with Gasteiger partial charge < -0.3 is 19.9 Å². The van der Waals surface area contributed by atoms with Crippen LogP contribution in [0.15, 0.2) is 65.6 Å². The van der Waals surface area contributed by atoms with Gasteiger partial charge in [-0.3, -0.25) is 19.4 Å². The lowest BCUT2D eigenvalue weighted by Gasteiger charge is -2.26. The third kappa shape index (κ3) is 8.78. The molecule has 2 fully saturated rings. The smallest absolute Gasteiger partial charge is 0.416 e. The lowest BCUT2D eigenvalue weighted by Crippen LogP contribution is -2.38. The van der Waals surface area contributed by atoms with Gasteiger partial charge >= 0.3 is 12.1 Å². The van der Waals surface area contributed by atoms with E-state index in [1.807, 2.05) is 0 Å². The number of thioether (sulfide) groups is 1. The number of carboxylic acids is 1. The lowest BCUT2D eigenvalue weighted by atomic mass is 9.99. The first-order chi connectivity index (χ1) is 22.9. The molecule has 2 saturated heterocycles. The number of hydrogen-bond acceptors (Lipinski definition) is 8. The van der Waals surface area contributed by atoms with Gasteiger partial charge in [0.25, 0.3) is 5.91 Å². The second-order valence-electron chi connectivity index (χ2n) is 10.8. The van der Waals surface area contributed by atoms with Crippen LogP contribution in [0.5, 0.6) is 5.75 Å². The van der Waals surface area contributed by atoms with Gasteiger partial charge in [0.1, 0.15) is 22.5 Å². The molecule has 0 bridgehead atoms. The van der Waals surface area contributed by atoms with Gasteiger partial charge in [-0.2, -0.15) is 13.2 Å². The first-order valence-electron chi connectivity index (χ1n) is 14.7. The minimum atomic E-state index is -4.68. The van der Waals surface area contributed by atoms with Crippen molar-refractivity contribution in [3.05, 3.63) is 88.1 Å². The Morgan fingerprint density at radius 1 is 1.04 bits per heavy atom. The van der Waals surface area contributed by atoms with Gasteiger partial charge in [-0.1, -0.05) is 30.0 Å². The van der Waals surface area contributed by atoms with E-state index in [2.05, 4.69) is 10.2 Å². The summed E-state index contributed by atoms with van der Waals surface area (Å²) in [5.41, 5.74) is -0.353. The first-order valence-corrected chi connectivity index (χ1v) is 15.9. The fraction of sp³-hybridized carbons (Fsp3) is 0.273. The van der Waals surface area contributed by atoms with Gasteiger partial charge in [0.05, 0.1) is 29.2 Å². The average Bonchev–Trinajstić information content (AvgIpc) is 3.32. The standard InChI is InChI=1S/C33H29F4N3O6S2/c34-26-7-4-23(33(35,36)37)19-25(26)21-3-8-27(46-16-13-39-11-14-45-15-12-39)22(17-21)18-28-30(42)40(32(47)48-28)10-9-29(41)38-24-5-1-20(2-6-24)31(43)44/h1-8,17-19H,9-16H2,(H,38,41)(H,43,44)/b28-18-. The predicted molar refractivity (Wildman–Crippen MR) is 176 cm³/mol. The van der Waals surface area contributed by atoms with E-state index >= 15 is 0 Å². The third-order valence-corrected chi connectivity index (χ3v) is 8.90. The third-order valence-electron chi connectivity index (χ3n) is 7.52. The van der Waals surface area contributed by atoms with Crippen LogP contribution in [0.4, 0.5) is 23.2 Å². The molecule has 0 aromatic heterocycles. The Kier molecular flexibility index (Phi) is 11.1. The van der Waals surface area contributed by atoms with Crippen molar-refractivity contribution in [2.75, 3.05) is 51.3 Å². The fourth-order valence-corrected chi connectivity index (χ4v) is 6.26. The maximum Gasteiger partial charge on any atom is 0.416 e. The molecule has 2 heterocycles. The molecule has 2 amide bonds. The number of morpholine rings is 1. The average molecular weight is 704 g/mol. The molecule has 2 N–H and O–H groups in total. The summed E-state index contributed by atoms with van der Waals surface area (Å²) in [6.45, 7) is 3.49. The van der Waals surface area contributed by atoms with E-state index in [0.717, 1.165) is 37.0 Å². The van der Waals surface area contributed by atoms with Crippen molar-refractivity contribution in [2.24, 2.45) is 0 Å². The number of thiocarbonyl (C=S) groups is 1. The first kappa shape index (κ1) is 35.0. The molecule has 0 unspecified atom stereocenters. The summed E-state index contributed by atoms with van der Waals surface area (Å²) in [4.78, 5) is 40.6. The van der Waals surface area contributed by atoms with Gasteiger partial charge in [0.2, 0.25) is 5.91 Å². The van der Waals surface area contributed by atoms with Crippen molar-refractivity contribution in [2.45, 2.75) is 12.6 Å². The molecular weight excluding hydrogens is 675 g/mol. The Hall–Kier alpha value is -4.31. The molecule has 0 aliphatic carbocycles. The molecule has 2 aliphatic heterocycles. The predicted octanol–water partition coefficient (Wildman–Crippen LogP) is 6.15. The van der Waals surface area contributed by atoms with Crippen LogP contribution in [0.3, 0.4) is 0 Å². The summed E-state index contributed by atoms with van der Waals surface area (Å²) in [5, 5.41) is 11.7. The SMILES string of the molecule is O=C(CCN1C(=O)/C(=C/c2cc(-c3cc(C(F)(F)F)ccc3F)ccc2OCCN2CCOCC2)SC1=S)Nc1ccc(C(=O)O)cc1. The summed E-state index contributed by atoms with van der Waals surface area (Å²) >= 11 is 6.40. The van der Waals surface area contributed by atoms with Gasteiger partial charge in [-0.25, -0.2) is 9.18 Å². The molecule has 9 nitrogen and oxygen atoms in total. The van der Waals surface area contributed by atoms with Crippen molar-refractivity contribution >= 4 is 57.8 Å². The number of anilines is 1. The van der Waals surface area contributed by atoms with Crippen molar-refractivity contribution < 1.29 is 46.5 Å². The van der Waals surface area contributed by atoms with Crippen LogP contribution in [0.2, 0.25) is 0 Å². The van der Waals surface area contributed by atoms with E-state index in [0.29, 0.717) is 42.8 Å². The number of benzene rings is 3. The summed E-state index contributed by atoms with van der Waals surface area (Å²) in [7, 11) is 0. The van der Waals surface area contributed by atoms with Gasteiger partial charge in [-0.15, -0.1) is 0 Å². The number of rotatable bonds is 11. The summed E-state index contributed by atoms with van der Waals surface area (Å²) in [6, 6.07) is 12.2. The molecule has 3 aromatic rings. The zero-order chi connectivity index (χ0) is 34.4. The number of carboxylic acid groups (broad SMARTS) is 1. The highest BCUT2D eigenvalue weighted by molar-refractivity contribution is 8.26. The lowest BCUT2D eigenvalue weighted by molar-refractivity contribution is -0.137. The molecule has 252 valence electrons. The molecule has 3 aromatic carbocycles. The van der Waals surface area contributed by atoms with E-state index in [1.165, 1.54) is 53.4 Å². The molecule has 0 spiro atoms. The maximum absolute atomic E-state index is 14.8. The molecule has 15 heteroatoms. The number of carbonyl (C=O) groups is 3. The van der Waals surface area contributed by atoms with Crippen molar-refractivity contribution in [3.63, 3.8) is 0 Å². The number of amides is 2. The van der Waals surface area contributed by atoms with Crippen molar-refractivity contribution in [1.82, 2.24) is 9.80 Å². The van der Waals surface area contributed by atoms with Crippen LogP contribution in [-0.2, 0) is 20.5 Å². The molecule has 2 aliphatic rings. The number of hydrogen-bond donors (Lipinski definition) is 2. The number of carbonyl (C=O) groups excluding carboxylic acids is 2. The number of nitrogens with one attached hydrogen (secondary N) is 1. The highest BCUT2D eigenvalue weighted by Gasteiger charge is 2.33. The Morgan fingerprint density at radius 2 is 1.77 bits per heavy atom. The number of ether oxygens (including phenoxy) is 2. The minimum Gasteiger partial charge on any atom is -0.492 e. The molecule has 48 heavy (non-hydrogen) atoms. The second kappa shape index (κ2) is 15.3. The van der Waals surface area contributed by atoms with Gasteiger partial charge in [-0.05, 0) is 66.2 Å². The molecule has 5 rings (SSSR count). The Morgan fingerprint density at radius 3 is 2.46 bits per heavy atom. The second-order valence-corrected chi connectivity index (χ2v) is 12.4. The van der Waals surface area contributed by atoms with Crippen LogP contribution in [-0.4, -0.2) is 83.0 Å². The molecule has 0 radical (unpaired) electrons. The topological polar surface area (TPSA) is 108 Å². The van der Waals surface area contributed by atoms with E-state index in [4.69, 9.17) is 26.8 Å². The molecule has 0 saturated carbocycles. The minimum absolute atomic E-state index is 0.0422. The van der Waals surface area contributed by atoms with Crippen LogP contribution in [0, 0.1) is 5.82 Å². The van der Waals surface area contributed by atoms with Gasteiger partial charge in [0, 0.05) is 49.4 Å². The number of alkyl halides is 3. The Balaban J connectivity index is 1.35. The number of aromatic carboxylic acids is 1. The number of halogens is 4. The number of nitrogens with zero attached hydrogens (tertiary/aromatic N) is 2. The Labute approximate surface area is 282 Å². The van der Waals surface area contributed by atoms with E-state index in [9.17, 15) is 31.9 Å². The summed E-state index contributed by atoms with van der Waals surface area (Å²) in [6.07, 6.45) is -3.30. The van der Waals surface area contributed by atoms with Gasteiger partial charge in [0.15, 0.2) is 0 Å². The highest BCUT2D eigenvalue weighted by Crippen LogP contribution is 2.38. The van der Waals surface area contributed by atoms with Crippen molar-refractivity contribution in [3.8, 4) is 16.9 Å². The van der Waals surface area contributed by atoms with Crippen LogP contribution < -0.4 is 10.1 Å². The van der Waals surface area contributed by atoms with E-state index in [-0.39, 0.29) is 45.5 Å². The van der Waals surface area contributed by atoms with E-state index in [1.54, 1.807) is 0 Å². The molecular formula is C33H29F4N3O6S2. The fourth-order valence-electron chi connectivity index (χ4n) is 4.96. The van der Waals surface area contributed by atoms with Crippen LogP contribution >= 0.6 is 24.0 Å². The summed E-state index contributed by atoms with van der Waals surface area (Å²) in [5.74, 6) is -2.53. The highest BCUT2D eigenvalue weighted by atomic mass is 32.2. The largest absolute Gasteiger partial charge is 0.492 e. The molecule has 0 atom stereocenters. The van der Waals surface area contributed by atoms with Crippen LogP contribution in [0.1, 0.15) is 27.9 Å². The zero-order valence-electron chi connectivity index (χ0n) is 25.2.